The summed E-state index contributed by atoms with van der Waals surface area (Å²) in [5, 5.41) is 2.88. The smallest absolute Gasteiger partial charge is 0.416 e. The third kappa shape index (κ3) is 5.39. The second kappa shape index (κ2) is 9.20. The fraction of sp³-hybridized carbons (Fsp3) is 0.346. The first-order valence-electron chi connectivity index (χ1n) is 11.2. The molecule has 0 saturated heterocycles. The van der Waals surface area contributed by atoms with Crippen LogP contribution in [-0.4, -0.2) is 23.0 Å². The van der Waals surface area contributed by atoms with Crippen LogP contribution >= 0.6 is 0 Å². The van der Waals surface area contributed by atoms with Crippen LogP contribution in [0.15, 0.2) is 59.4 Å². The van der Waals surface area contributed by atoms with Gasteiger partial charge in [0.15, 0.2) is 0 Å². The van der Waals surface area contributed by atoms with E-state index in [1.54, 1.807) is 19.2 Å². The highest BCUT2D eigenvalue weighted by molar-refractivity contribution is 5.92. The van der Waals surface area contributed by atoms with Crippen molar-refractivity contribution in [2.45, 2.75) is 44.3 Å². The Labute approximate surface area is 200 Å². The molecule has 1 atom stereocenters. The van der Waals surface area contributed by atoms with Crippen LogP contribution in [0.2, 0.25) is 0 Å². The molecule has 1 fully saturated rings. The summed E-state index contributed by atoms with van der Waals surface area (Å²) in [6.07, 6.45) is -2.73. The number of methoxy groups -OCH3 is 1. The first-order chi connectivity index (χ1) is 16.5. The summed E-state index contributed by atoms with van der Waals surface area (Å²) in [6.45, 7) is 3.76. The lowest BCUT2D eigenvalue weighted by Crippen LogP contribution is -2.33. The summed E-state index contributed by atoms with van der Waals surface area (Å²) >= 11 is 0. The summed E-state index contributed by atoms with van der Waals surface area (Å²) < 4.78 is 44.0. The number of alkyl halides is 3. The molecule has 184 valence electrons. The summed E-state index contributed by atoms with van der Waals surface area (Å²) in [4.78, 5) is 32.7. The van der Waals surface area contributed by atoms with Crippen LogP contribution in [0.25, 0.3) is 0 Å². The Morgan fingerprint density at radius 3 is 2.20 bits per heavy atom. The maximum absolute atomic E-state index is 13.1. The van der Waals surface area contributed by atoms with Gasteiger partial charge in [0.1, 0.15) is 17.3 Å². The van der Waals surface area contributed by atoms with Crippen LogP contribution < -0.4 is 15.6 Å². The molecule has 35 heavy (non-hydrogen) atoms. The van der Waals surface area contributed by atoms with Gasteiger partial charge in [0.2, 0.25) is 0 Å². The van der Waals surface area contributed by atoms with E-state index in [1.165, 1.54) is 12.1 Å². The number of amides is 1. The van der Waals surface area contributed by atoms with Crippen molar-refractivity contribution in [2.75, 3.05) is 7.11 Å². The third-order valence-electron chi connectivity index (χ3n) is 6.36. The SMILES string of the molecule is COc1ccc(C(C)(C)c2nc(C(=O)N[C@@H](c3ccc(C(F)(F)F)cc3)C3CC3)cc(=O)[nH]2)cc1. The van der Waals surface area contributed by atoms with Crippen LogP contribution in [0.1, 0.15) is 65.7 Å². The standard InChI is InChI=1S/C26H26F3N3O3/c1-25(2,17-10-12-19(35-3)13-11-17)24-30-20(14-21(33)31-24)23(34)32-22(15-4-5-15)16-6-8-18(9-7-16)26(27,28)29/h6-15,22H,4-5H2,1-3H3,(H,32,34)(H,30,31,33)/t22-/m1/s1. The molecule has 1 aliphatic carbocycles. The lowest BCUT2D eigenvalue weighted by Gasteiger charge is -2.25. The minimum atomic E-state index is -4.43. The van der Waals surface area contributed by atoms with Crippen molar-refractivity contribution >= 4 is 5.91 Å². The Kier molecular flexibility index (Phi) is 6.44. The van der Waals surface area contributed by atoms with Crippen LogP contribution in [0, 0.1) is 5.92 Å². The van der Waals surface area contributed by atoms with Crippen LogP contribution in [0.5, 0.6) is 5.75 Å². The van der Waals surface area contributed by atoms with E-state index in [2.05, 4.69) is 15.3 Å². The maximum atomic E-state index is 13.1. The molecule has 0 radical (unpaired) electrons. The van der Waals surface area contributed by atoms with Gasteiger partial charge in [-0.25, -0.2) is 4.98 Å². The monoisotopic (exact) mass is 485 g/mol. The quantitative estimate of drug-likeness (QED) is 0.493. The van der Waals surface area contributed by atoms with Crippen molar-refractivity contribution in [1.29, 1.82) is 0 Å². The first-order valence-corrected chi connectivity index (χ1v) is 11.2. The number of benzene rings is 2. The molecule has 1 heterocycles. The molecule has 9 heteroatoms. The molecule has 1 saturated carbocycles. The van der Waals surface area contributed by atoms with Gasteiger partial charge in [0, 0.05) is 11.5 Å². The second-order valence-corrected chi connectivity index (χ2v) is 9.24. The molecule has 1 amide bonds. The number of nitrogens with one attached hydrogen (secondary N) is 2. The number of halogens is 3. The highest BCUT2D eigenvalue weighted by Crippen LogP contribution is 2.42. The Morgan fingerprint density at radius 2 is 1.66 bits per heavy atom. The Hall–Kier alpha value is -3.62. The first kappa shape index (κ1) is 24.5. The number of aromatic amines is 1. The number of aromatic nitrogens is 2. The van der Waals surface area contributed by atoms with Gasteiger partial charge in [-0.15, -0.1) is 0 Å². The van der Waals surface area contributed by atoms with Crippen molar-refractivity contribution in [1.82, 2.24) is 15.3 Å². The predicted molar refractivity (Wildman–Crippen MR) is 124 cm³/mol. The molecule has 3 aromatic rings. The average molecular weight is 486 g/mol. The molecular formula is C26H26F3N3O3. The van der Waals surface area contributed by atoms with Crippen LogP contribution in [0.4, 0.5) is 13.2 Å². The zero-order valence-electron chi connectivity index (χ0n) is 19.6. The van der Waals surface area contributed by atoms with Crippen molar-refractivity contribution < 1.29 is 22.7 Å². The predicted octanol–water partition coefficient (Wildman–Crippen LogP) is 5.00. The minimum absolute atomic E-state index is 0.0529. The fourth-order valence-electron chi connectivity index (χ4n) is 4.01. The highest BCUT2D eigenvalue weighted by atomic mass is 19.4. The molecule has 1 aromatic heterocycles. The van der Waals surface area contributed by atoms with Crippen molar-refractivity contribution in [2.24, 2.45) is 5.92 Å². The fourth-order valence-corrected chi connectivity index (χ4v) is 4.01. The number of rotatable bonds is 7. The molecule has 0 spiro atoms. The molecular weight excluding hydrogens is 459 g/mol. The van der Waals surface area contributed by atoms with E-state index < -0.39 is 34.7 Å². The highest BCUT2D eigenvalue weighted by Gasteiger charge is 2.36. The van der Waals surface area contributed by atoms with Gasteiger partial charge < -0.3 is 15.0 Å². The summed E-state index contributed by atoms with van der Waals surface area (Å²) in [5.41, 5.74) is -0.548. The topological polar surface area (TPSA) is 84.1 Å². The molecule has 2 aromatic carbocycles. The zero-order valence-corrected chi connectivity index (χ0v) is 19.6. The second-order valence-electron chi connectivity index (χ2n) is 9.24. The van der Waals surface area contributed by atoms with Crippen molar-refractivity contribution in [3.8, 4) is 5.75 Å². The molecule has 0 aliphatic heterocycles. The van der Waals surface area contributed by atoms with Gasteiger partial charge in [-0.1, -0.05) is 24.3 Å². The van der Waals surface area contributed by atoms with Crippen molar-refractivity contribution in [3.05, 3.63) is 93.2 Å². The molecule has 2 N–H and O–H groups in total. The van der Waals surface area contributed by atoms with E-state index in [4.69, 9.17) is 4.74 Å². The van der Waals surface area contributed by atoms with E-state index in [1.807, 2.05) is 26.0 Å². The average Bonchev–Trinajstić information content (AvgIpc) is 3.67. The van der Waals surface area contributed by atoms with E-state index in [-0.39, 0.29) is 11.6 Å². The van der Waals surface area contributed by atoms with E-state index in [0.717, 1.165) is 36.6 Å². The van der Waals surface area contributed by atoms with E-state index in [9.17, 15) is 22.8 Å². The van der Waals surface area contributed by atoms with Crippen LogP contribution in [0.3, 0.4) is 0 Å². The number of ether oxygens (including phenoxy) is 1. The number of hydrogen-bond donors (Lipinski definition) is 2. The summed E-state index contributed by atoms with van der Waals surface area (Å²) in [7, 11) is 1.57. The number of nitrogens with zero attached hydrogens (tertiary/aromatic N) is 1. The van der Waals surface area contributed by atoms with Gasteiger partial charge in [-0.05, 0) is 68.0 Å². The largest absolute Gasteiger partial charge is 0.497 e. The Morgan fingerprint density at radius 1 is 1.06 bits per heavy atom. The normalized spacial score (nSPS) is 14.9. The van der Waals surface area contributed by atoms with E-state index in [0.29, 0.717) is 17.1 Å². The zero-order chi connectivity index (χ0) is 25.4. The van der Waals surface area contributed by atoms with Gasteiger partial charge in [-0.3, -0.25) is 9.59 Å². The Balaban J connectivity index is 1.60. The molecule has 6 nitrogen and oxygen atoms in total. The van der Waals surface area contributed by atoms with Gasteiger partial charge in [0.05, 0.1) is 18.7 Å². The van der Waals surface area contributed by atoms with Crippen LogP contribution in [-0.2, 0) is 11.6 Å². The van der Waals surface area contributed by atoms with Gasteiger partial charge in [0.25, 0.3) is 11.5 Å². The number of carbonyl (C=O) groups is 1. The number of carbonyl (C=O) groups excluding carboxylic acids is 1. The maximum Gasteiger partial charge on any atom is 0.416 e. The Bertz CT molecular complexity index is 1260. The lowest BCUT2D eigenvalue weighted by molar-refractivity contribution is -0.137. The molecule has 4 rings (SSSR count). The summed E-state index contributed by atoms with van der Waals surface area (Å²) in [6, 6.07) is 12.8. The number of hydrogen-bond acceptors (Lipinski definition) is 4. The summed E-state index contributed by atoms with van der Waals surface area (Å²) in [5.74, 6) is 0.568. The molecule has 0 bridgehead atoms. The third-order valence-corrected chi connectivity index (χ3v) is 6.36. The van der Waals surface area contributed by atoms with Gasteiger partial charge >= 0.3 is 6.18 Å². The molecule has 1 aliphatic rings. The lowest BCUT2D eigenvalue weighted by atomic mass is 9.83. The number of H-pyrrole nitrogens is 1. The molecule has 0 unspecified atom stereocenters. The minimum Gasteiger partial charge on any atom is -0.497 e. The van der Waals surface area contributed by atoms with E-state index >= 15 is 0 Å². The van der Waals surface area contributed by atoms with Crippen molar-refractivity contribution in [3.63, 3.8) is 0 Å². The van der Waals surface area contributed by atoms with Gasteiger partial charge in [-0.2, -0.15) is 13.2 Å².